The summed E-state index contributed by atoms with van der Waals surface area (Å²) < 4.78 is 1.14. The molecule has 1 saturated heterocycles. The zero-order valence-electron chi connectivity index (χ0n) is 9.80. The van der Waals surface area contributed by atoms with Crippen molar-refractivity contribution in [1.29, 1.82) is 0 Å². The number of carboxylic acids is 1. The molecule has 1 unspecified atom stereocenters. The molecule has 1 aromatic rings. The predicted octanol–water partition coefficient (Wildman–Crippen LogP) is 1.77. The number of likely N-dealkylation sites (tertiary alicyclic amines) is 1. The van der Waals surface area contributed by atoms with Crippen LogP contribution >= 0.6 is 22.6 Å². The molecule has 1 aliphatic rings. The molecule has 1 aliphatic heterocycles. The molecule has 2 rings (SSSR count). The van der Waals surface area contributed by atoms with Crippen molar-refractivity contribution in [2.24, 2.45) is 5.92 Å². The Balaban J connectivity index is 1.93. The van der Waals surface area contributed by atoms with Crippen LogP contribution in [0.25, 0.3) is 0 Å². The van der Waals surface area contributed by atoms with Gasteiger partial charge in [-0.15, -0.1) is 0 Å². The van der Waals surface area contributed by atoms with Gasteiger partial charge in [0.1, 0.15) is 0 Å². The number of rotatable bonds is 3. The first kappa shape index (κ1) is 13.3. The van der Waals surface area contributed by atoms with Crippen molar-refractivity contribution in [3.05, 3.63) is 33.4 Å². The van der Waals surface area contributed by atoms with E-state index in [0.717, 1.165) is 9.13 Å². The van der Waals surface area contributed by atoms with Crippen LogP contribution in [-0.2, 0) is 16.0 Å². The Morgan fingerprint density at radius 3 is 2.56 bits per heavy atom. The van der Waals surface area contributed by atoms with Crippen molar-refractivity contribution in [2.75, 3.05) is 13.1 Å². The standard InChI is InChI=1S/C13H14INO3/c14-11-3-1-9(2-4-11)7-12(16)15-6-5-10(8-15)13(17)18/h1-4,10H,5-8H2,(H,17,18). The number of hydrogen-bond acceptors (Lipinski definition) is 2. The van der Waals surface area contributed by atoms with Crippen LogP contribution < -0.4 is 0 Å². The van der Waals surface area contributed by atoms with Crippen LogP contribution in [-0.4, -0.2) is 35.0 Å². The maximum absolute atomic E-state index is 12.0. The van der Waals surface area contributed by atoms with Crippen molar-refractivity contribution < 1.29 is 14.7 Å². The average Bonchev–Trinajstić information content (AvgIpc) is 2.81. The van der Waals surface area contributed by atoms with E-state index in [9.17, 15) is 9.59 Å². The molecular formula is C13H14INO3. The number of carbonyl (C=O) groups is 2. The number of carboxylic acid groups (broad SMARTS) is 1. The number of amides is 1. The molecular weight excluding hydrogens is 345 g/mol. The van der Waals surface area contributed by atoms with Gasteiger partial charge in [0.25, 0.3) is 0 Å². The second-order valence-corrected chi connectivity index (χ2v) is 5.71. The molecule has 1 atom stereocenters. The van der Waals surface area contributed by atoms with E-state index >= 15 is 0 Å². The van der Waals surface area contributed by atoms with E-state index in [1.165, 1.54) is 0 Å². The highest BCUT2D eigenvalue weighted by atomic mass is 127. The summed E-state index contributed by atoms with van der Waals surface area (Å²) in [6.45, 7) is 0.901. The van der Waals surface area contributed by atoms with Gasteiger partial charge in [-0.1, -0.05) is 12.1 Å². The Morgan fingerprint density at radius 2 is 2.00 bits per heavy atom. The summed E-state index contributed by atoms with van der Waals surface area (Å²) in [5.41, 5.74) is 0.971. The number of carbonyl (C=O) groups excluding carboxylic acids is 1. The van der Waals surface area contributed by atoms with E-state index in [1.807, 2.05) is 24.3 Å². The molecule has 0 aliphatic carbocycles. The molecule has 0 bridgehead atoms. The normalized spacial score (nSPS) is 18.9. The molecule has 96 valence electrons. The van der Waals surface area contributed by atoms with E-state index in [1.54, 1.807) is 4.90 Å². The van der Waals surface area contributed by atoms with Gasteiger partial charge in [0, 0.05) is 16.7 Å². The largest absolute Gasteiger partial charge is 0.481 e. The molecule has 1 fully saturated rings. The third-order valence-corrected chi connectivity index (χ3v) is 3.88. The van der Waals surface area contributed by atoms with E-state index in [4.69, 9.17) is 5.11 Å². The van der Waals surface area contributed by atoms with Crippen LogP contribution in [0, 0.1) is 9.49 Å². The highest BCUT2D eigenvalue weighted by molar-refractivity contribution is 14.1. The summed E-state index contributed by atoms with van der Waals surface area (Å²) in [5, 5.41) is 8.89. The van der Waals surface area contributed by atoms with Crippen LogP contribution in [0.15, 0.2) is 24.3 Å². The van der Waals surface area contributed by atoms with Gasteiger partial charge in [0.2, 0.25) is 5.91 Å². The Bertz CT molecular complexity index is 458. The zero-order chi connectivity index (χ0) is 13.1. The fourth-order valence-corrected chi connectivity index (χ4v) is 2.44. The van der Waals surface area contributed by atoms with Crippen LogP contribution in [0.3, 0.4) is 0 Å². The van der Waals surface area contributed by atoms with Gasteiger partial charge in [-0.05, 0) is 46.7 Å². The van der Waals surface area contributed by atoms with Gasteiger partial charge in [-0.25, -0.2) is 0 Å². The summed E-state index contributed by atoms with van der Waals surface area (Å²) >= 11 is 2.22. The number of benzene rings is 1. The van der Waals surface area contributed by atoms with Crippen molar-refractivity contribution >= 4 is 34.5 Å². The first-order chi connectivity index (χ1) is 8.56. The van der Waals surface area contributed by atoms with E-state index in [2.05, 4.69) is 22.6 Å². The van der Waals surface area contributed by atoms with Gasteiger partial charge in [0.15, 0.2) is 0 Å². The quantitative estimate of drug-likeness (QED) is 0.837. The van der Waals surface area contributed by atoms with Crippen LogP contribution in [0.2, 0.25) is 0 Å². The van der Waals surface area contributed by atoms with Gasteiger partial charge in [-0.3, -0.25) is 9.59 Å². The van der Waals surface area contributed by atoms with E-state index in [-0.39, 0.29) is 5.91 Å². The van der Waals surface area contributed by atoms with Crippen LogP contribution in [0.1, 0.15) is 12.0 Å². The Kier molecular flexibility index (Phi) is 4.21. The number of hydrogen-bond donors (Lipinski definition) is 1. The van der Waals surface area contributed by atoms with Crippen molar-refractivity contribution in [3.8, 4) is 0 Å². The summed E-state index contributed by atoms with van der Waals surface area (Å²) in [5.74, 6) is -1.19. The average molecular weight is 359 g/mol. The van der Waals surface area contributed by atoms with Crippen molar-refractivity contribution in [2.45, 2.75) is 12.8 Å². The molecule has 0 spiro atoms. The zero-order valence-corrected chi connectivity index (χ0v) is 12.0. The first-order valence-corrected chi connectivity index (χ1v) is 6.89. The lowest BCUT2D eigenvalue weighted by atomic mass is 10.1. The number of halogens is 1. The van der Waals surface area contributed by atoms with Gasteiger partial charge >= 0.3 is 5.97 Å². The lowest BCUT2D eigenvalue weighted by Gasteiger charge is -2.15. The summed E-state index contributed by atoms with van der Waals surface area (Å²) in [6.07, 6.45) is 0.914. The number of nitrogens with zero attached hydrogens (tertiary/aromatic N) is 1. The minimum absolute atomic E-state index is 0.0139. The Hall–Kier alpha value is -1.11. The molecule has 5 heteroatoms. The van der Waals surface area contributed by atoms with Gasteiger partial charge < -0.3 is 10.0 Å². The van der Waals surface area contributed by atoms with Gasteiger partial charge in [0.05, 0.1) is 12.3 Å². The Labute approximate surface area is 119 Å². The van der Waals surface area contributed by atoms with Crippen molar-refractivity contribution in [1.82, 2.24) is 4.90 Å². The molecule has 18 heavy (non-hydrogen) atoms. The maximum Gasteiger partial charge on any atom is 0.308 e. The number of aliphatic carboxylic acids is 1. The van der Waals surface area contributed by atoms with E-state index in [0.29, 0.717) is 25.9 Å². The smallest absolute Gasteiger partial charge is 0.308 e. The highest BCUT2D eigenvalue weighted by Crippen LogP contribution is 2.17. The SMILES string of the molecule is O=C(O)C1CCN(C(=O)Cc2ccc(I)cc2)C1. The molecule has 1 amide bonds. The molecule has 0 radical (unpaired) electrons. The Morgan fingerprint density at radius 1 is 1.33 bits per heavy atom. The second-order valence-electron chi connectivity index (χ2n) is 4.47. The minimum Gasteiger partial charge on any atom is -0.481 e. The maximum atomic E-state index is 12.0. The third-order valence-electron chi connectivity index (χ3n) is 3.16. The molecule has 1 aromatic carbocycles. The molecule has 1 N–H and O–H groups in total. The lowest BCUT2D eigenvalue weighted by Crippen LogP contribution is -2.31. The third kappa shape index (κ3) is 3.22. The summed E-state index contributed by atoms with van der Waals surface area (Å²) in [6, 6.07) is 7.80. The summed E-state index contributed by atoms with van der Waals surface area (Å²) in [7, 11) is 0. The monoisotopic (exact) mass is 359 g/mol. The molecule has 1 heterocycles. The fourth-order valence-electron chi connectivity index (χ4n) is 2.08. The lowest BCUT2D eigenvalue weighted by molar-refractivity contribution is -0.141. The fraction of sp³-hybridized carbons (Fsp3) is 0.385. The highest BCUT2D eigenvalue weighted by Gasteiger charge is 2.30. The topological polar surface area (TPSA) is 57.6 Å². The minimum atomic E-state index is -0.806. The van der Waals surface area contributed by atoms with Gasteiger partial charge in [-0.2, -0.15) is 0 Å². The molecule has 4 nitrogen and oxygen atoms in total. The predicted molar refractivity (Wildman–Crippen MR) is 75.2 cm³/mol. The molecule has 0 aromatic heterocycles. The molecule has 0 saturated carbocycles. The van der Waals surface area contributed by atoms with E-state index < -0.39 is 11.9 Å². The van der Waals surface area contributed by atoms with Crippen molar-refractivity contribution in [3.63, 3.8) is 0 Å². The first-order valence-electron chi connectivity index (χ1n) is 5.81. The summed E-state index contributed by atoms with van der Waals surface area (Å²) in [4.78, 5) is 24.5. The van der Waals surface area contributed by atoms with Crippen LogP contribution in [0.5, 0.6) is 0 Å². The van der Waals surface area contributed by atoms with Crippen LogP contribution in [0.4, 0.5) is 0 Å². The second kappa shape index (κ2) is 5.69.